The number of benzene rings is 2. The highest BCUT2D eigenvalue weighted by Crippen LogP contribution is 2.41. The molecule has 2 aliphatic rings. The highest BCUT2D eigenvalue weighted by Gasteiger charge is 2.40. The summed E-state index contributed by atoms with van der Waals surface area (Å²) in [6.07, 6.45) is 1.80. The molecule has 2 aromatic carbocycles. The average molecular weight is 444 g/mol. The van der Waals surface area contributed by atoms with Crippen molar-refractivity contribution in [2.45, 2.75) is 30.2 Å². The first-order chi connectivity index (χ1) is 14.4. The van der Waals surface area contributed by atoms with E-state index in [9.17, 15) is 17.6 Å². The van der Waals surface area contributed by atoms with Crippen LogP contribution in [0.15, 0.2) is 53.4 Å². The Labute approximate surface area is 177 Å². The number of aromatic nitrogens is 1. The monoisotopic (exact) mass is 443 g/mol. The number of rotatable bonds is 4. The normalized spacial score (nSPS) is 18.2. The van der Waals surface area contributed by atoms with Crippen LogP contribution in [0.3, 0.4) is 0 Å². The van der Waals surface area contributed by atoms with Crippen LogP contribution < -0.4 is 5.32 Å². The number of carbonyl (C=O) groups is 1. The number of anilines is 1. The van der Waals surface area contributed by atoms with E-state index in [1.165, 1.54) is 33.3 Å². The molecule has 1 atom stereocenters. The van der Waals surface area contributed by atoms with Gasteiger partial charge in [-0.2, -0.15) is 4.31 Å². The molecule has 0 saturated carbocycles. The Morgan fingerprint density at radius 2 is 1.93 bits per heavy atom. The molecule has 154 valence electrons. The van der Waals surface area contributed by atoms with Crippen molar-refractivity contribution < 1.29 is 17.6 Å². The highest BCUT2D eigenvalue weighted by atomic mass is 32.2. The second-order valence-corrected chi connectivity index (χ2v) is 10.3. The number of nitrogens with one attached hydrogen (secondary N) is 1. The molecule has 0 radical (unpaired) electrons. The zero-order chi connectivity index (χ0) is 20.9. The van der Waals surface area contributed by atoms with Gasteiger partial charge in [0.1, 0.15) is 11.9 Å². The predicted molar refractivity (Wildman–Crippen MR) is 112 cm³/mol. The minimum Gasteiger partial charge on any atom is -0.301 e. The Morgan fingerprint density at radius 1 is 1.17 bits per heavy atom. The van der Waals surface area contributed by atoms with E-state index in [2.05, 4.69) is 16.4 Å². The minimum absolute atomic E-state index is 0.0200. The van der Waals surface area contributed by atoms with Gasteiger partial charge in [-0.1, -0.05) is 24.3 Å². The summed E-state index contributed by atoms with van der Waals surface area (Å²) in [5.74, 6) is -0.901. The Hall–Kier alpha value is -2.62. The molecule has 0 bridgehead atoms. The third-order valence-corrected chi connectivity index (χ3v) is 8.37. The quantitative estimate of drug-likeness (QED) is 0.522. The molecule has 1 aliphatic heterocycles. The van der Waals surface area contributed by atoms with E-state index in [1.54, 1.807) is 0 Å². The molecule has 5 rings (SSSR count). The summed E-state index contributed by atoms with van der Waals surface area (Å²) in [7, 11) is -3.89. The number of nitrogens with zero attached hydrogens (tertiary/aromatic N) is 2. The molecule has 1 saturated heterocycles. The fourth-order valence-electron chi connectivity index (χ4n) is 4.03. The third-order valence-electron chi connectivity index (χ3n) is 5.48. The lowest BCUT2D eigenvalue weighted by Crippen LogP contribution is -2.43. The standard InChI is InChI=1S/C21H18FN3O3S2/c22-14-7-9-15(10-8-14)30(27,28)25-11-3-6-17(25)20(26)24-21-23-19-16-5-2-1-4-13(16)12-18(19)29-21/h1-2,4-5,7-10,17H,3,6,11-12H2,(H,23,24,26). The maximum Gasteiger partial charge on any atom is 0.244 e. The number of hydrogen-bond acceptors (Lipinski definition) is 5. The van der Waals surface area contributed by atoms with Crippen molar-refractivity contribution in [3.8, 4) is 11.3 Å². The number of halogens is 1. The van der Waals surface area contributed by atoms with E-state index in [0.29, 0.717) is 18.0 Å². The summed E-state index contributed by atoms with van der Waals surface area (Å²) >= 11 is 1.42. The van der Waals surface area contributed by atoms with Gasteiger partial charge < -0.3 is 5.32 Å². The van der Waals surface area contributed by atoms with Crippen LogP contribution in [-0.4, -0.2) is 36.2 Å². The van der Waals surface area contributed by atoms with E-state index >= 15 is 0 Å². The topological polar surface area (TPSA) is 79.4 Å². The molecule has 30 heavy (non-hydrogen) atoms. The van der Waals surface area contributed by atoms with Gasteiger partial charge in [-0.05, 0) is 42.7 Å². The molecule has 1 aliphatic carbocycles. The van der Waals surface area contributed by atoms with Crippen molar-refractivity contribution in [2.75, 3.05) is 11.9 Å². The molecular formula is C21H18FN3O3S2. The Kier molecular flexibility index (Phi) is 4.68. The molecule has 3 aromatic rings. The first kappa shape index (κ1) is 19.3. The van der Waals surface area contributed by atoms with Gasteiger partial charge in [0.15, 0.2) is 5.13 Å². The second-order valence-electron chi connectivity index (χ2n) is 7.34. The fraction of sp³-hybridized carbons (Fsp3) is 0.238. The van der Waals surface area contributed by atoms with Crippen molar-refractivity contribution in [3.63, 3.8) is 0 Å². The summed E-state index contributed by atoms with van der Waals surface area (Å²) in [4.78, 5) is 18.6. The van der Waals surface area contributed by atoms with Gasteiger partial charge >= 0.3 is 0 Å². The predicted octanol–water partition coefficient (Wildman–Crippen LogP) is 3.65. The Morgan fingerprint density at radius 3 is 2.73 bits per heavy atom. The zero-order valence-corrected chi connectivity index (χ0v) is 17.5. The lowest BCUT2D eigenvalue weighted by molar-refractivity contribution is -0.119. The molecule has 9 heteroatoms. The molecule has 1 unspecified atom stereocenters. The van der Waals surface area contributed by atoms with Crippen LogP contribution in [-0.2, 0) is 21.2 Å². The van der Waals surface area contributed by atoms with Crippen LogP contribution in [0.25, 0.3) is 11.3 Å². The molecular weight excluding hydrogens is 425 g/mol. The molecule has 1 amide bonds. The van der Waals surface area contributed by atoms with Gasteiger partial charge in [-0.3, -0.25) is 4.79 Å². The van der Waals surface area contributed by atoms with Crippen LogP contribution >= 0.6 is 11.3 Å². The summed E-state index contributed by atoms with van der Waals surface area (Å²) in [5, 5.41) is 3.29. The van der Waals surface area contributed by atoms with Crippen molar-refractivity contribution in [3.05, 3.63) is 64.8 Å². The van der Waals surface area contributed by atoms with Gasteiger partial charge in [0.05, 0.1) is 10.6 Å². The maximum atomic E-state index is 13.2. The largest absolute Gasteiger partial charge is 0.301 e. The highest BCUT2D eigenvalue weighted by molar-refractivity contribution is 7.89. The van der Waals surface area contributed by atoms with Gasteiger partial charge in [0.2, 0.25) is 15.9 Å². The number of carbonyl (C=O) groups excluding carboxylic acids is 1. The minimum atomic E-state index is -3.89. The first-order valence-electron chi connectivity index (χ1n) is 9.60. The van der Waals surface area contributed by atoms with Gasteiger partial charge in [0.25, 0.3) is 0 Å². The van der Waals surface area contributed by atoms with Gasteiger partial charge in [-0.15, -0.1) is 11.3 Å². The van der Waals surface area contributed by atoms with Gasteiger partial charge in [0, 0.05) is 23.4 Å². The summed E-state index contributed by atoms with van der Waals surface area (Å²) < 4.78 is 40.3. The molecule has 0 spiro atoms. The van der Waals surface area contributed by atoms with E-state index in [1.807, 2.05) is 18.2 Å². The zero-order valence-electron chi connectivity index (χ0n) is 15.8. The molecule has 1 N–H and O–H groups in total. The SMILES string of the molecule is O=C(Nc1nc2c(s1)Cc1ccccc1-2)C1CCCN1S(=O)(=O)c1ccc(F)cc1. The van der Waals surface area contributed by atoms with E-state index < -0.39 is 21.9 Å². The molecule has 6 nitrogen and oxygen atoms in total. The van der Waals surface area contributed by atoms with Crippen molar-refractivity contribution >= 4 is 32.4 Å². The van der Waals surface area contributed by atoms with Crippen LogP contribution in [0.4, 0.5) is 9.52 Å². The van der Waals surface area contributed by atoms with Crippen molar-refractivity contribution in [1.82, 2.24) is 9.29 Å². The fourth-order valence-corrected chi connectivity index (χ4v) is 6.69. The van der Waals surface area contributed by atoms with E-state index in [-0.39, 0.29) is 17.3 Å². The van der Waals surface area contributed by atoms with Crippen LogP contribution in [0, 0.1) is 5.82 Å². The number of sulfonamides is 1. The lowest BCUT2D eigenvalue weighted by atomic mass is 10.1. The molecule has 2 heterocycles. The van der Waals surface area contributed by atoms with Gasteiger partial charge in [-0.25, -0.2) is 17.8 Å². The summed E-state index contributed by atoms with van der Waals surface area (Å²) in [6, 6.07) is 11.9. The number of thiazole rings is 1. The molecule has 1 fully saturated rings. The number of fused-ring (bicyclic) bond motifs is 3. The Bertz CT molecular complexity index is 1240. The lowest BCUT2D eigenvalue weighted by Gasteiger charge is -2.23. The summed E-state index contributed by atoms with van der Waals surface area (Å²) in [6.45, 7) is 0.250. The summed E-state index contributed by atoms with van der Waals surface area (Å²) in [5.41, 5.74) is 3.18. The van der Waals surface area contributed by atoms with Crippen LogP contribution in [0.1, 0.15) is 23.3 Å². The average Bonchev–Trinajstić information content (AvgIpc) is 3.43. The van der Waals surface area contributed by atoms with E-state index in [0.717, 1.165) is 34.7 Å². The smallest absolute Gasteiger partial charge is 0.244 e. The van der Waals surface area contributed by atoms with E-state index in [4.69, 9.17) is 0 Å². The van der Waals surface area contributed by atoms with Crippen LogP contribution in [0.5, 0.6) is 0 Å². The first-order valence-corrected chi connectivity index (χ1v) is 11.9. The van der Waals surface area contributed by atoms with Crippen molar-refractivity contribution in [2.24, 2.45) is 0 Å². The molecule has 1 aromatic heterocycles. The Balaban J connectivity index is 1.36. The van der Waals surface area contributed by atoms with Crippen molar-refractivity contribution in [1.29, 1.82) is 0 Å². The van der Waals surface area contributed by atoms with Crippen LogP contribution in [0.2, 0.25) is 0 Å². The number of hydrogen-bond donors (Lipinski definition) is 1. The second kappa shape index (κ2) is 7.26. The maximum absolute atomic E-state index is 13.2. The third kappa shape index (κ3) is 3.23. The number of amides is 1.